The van der Waals surface area contributed by atoms with Gasteiger partial charge in [-0.05, 0) is 25.3 Å². The van der Waals surface area contributed by atoms with Crippen molar-refractivity contribution in [1.29, 1.82) is 0 Å². The molecular weight excluding hydrogens is 248 g/mol. The van der Waals surface area contributed by atoms with Crippen molar-refractivity contribution in [1.82, 2.24) is 8.61 Å². The molecule has 4 nitrogen and oxygen atoms in total. The van der Waals surface area contributed by atoms with E-state index in [9.17, 15) is 8.42 Å². The Morgan fingerprint density at radius 2 is 1.72 bits per heavy atom. The van der Waals surface area contributed by atoms with Gasteiger partial charge in [0.15, 0.2) is 0 Å². The van der Waals surface area contributed by atoms with Gasteiger partial charge in [0.2, 0.25) is 0 Å². The molecule has 5 heteroatoms. The molecule has 1 unspecified atom stereocenters. The first kappa shape index (κ1) is 13.5. The Labute approximate surface area is 109 Å². The Morgan fingerprint density at radius 1 is 1.17 bits per heavy atom. The van der Waals surface area contributed by atoms with Crippen LogP contribution in [0.3, 0.4) is 0 Å². The van der Waals surface area contributed by atoms with Crippen LogP contribution in [0, 0.1) is 0 Å². The molecule has 2 rings (SSSR count). The number of nitrogens with zero attached hydrogens (tertiary/aromatic N) is 2. The highest BCUT2D eigenvalue weighted by atomic mass is 32.2. The first-order chi connectivity index (χ1) is 8.53. The summed E-state index contributed by atoms with van der Waals surface area (Å²) in [7, 11) is -1.66. The zero-order valence-corrected chi connectivity index (χ0v) is 11.7. The molecule has 0 saturated carbocycles. The maximum Gasteiger partial charge on any atom is 0.282 e. The highest BCUT2D eigenvalue weighted by Crippen LogP contribution is 2.24. The van der Waals surface area contributed by atoms with Gasteiger partial charge in [0, 0.05) is 26.2 Å². The summed E-state index contributed by atoms with van der Waals surface area (Å²) in [6.45, 7) is 3.21. The molecule has 1 aromatic carbocycles. The Bertz CT molecular complexity index is 481. The lowest BCUT2D eigenvalue weighted by atomic mass is 10.1. The summed E-state index contributed by atoms with van der Waals surface area (Å²) < 4.78 is 27.8. The summed E-state index contributed by atoms with van der Waals surface area (Å²) in [6, 6.07) is 9.58. The predicted octanol–water partition coefficient (Wildman–Crippen LogP) is 2.02. The fourth-order valence-electron chi connectivity index (χ4n) is 2.24. The smallest absolute Gasteiger partial charge is 0.195 e. The molecule has 1 saturated heterocycles. The molecule has 0 N–H and O–H groups in total. The lowest BCUT2D eigenvalue weighted by Crippen LogP contribution is -2.41. The molecule has 1 fully saturated rings. The summed E-state index contributed by atoms with van der Waals surface area (Å²) >= 11 is 0. The largest absolute Gasteiger partial charge is 0.282 e. The van der Waals surface area contributed by atoms with E-state index in [0.29, 0.717) is 13.1 Å². The lowest BCUT2D eigenvalue weighted by molar-refractivity contribution is 0.350. The van der Waals surface area contributed by atoms with Crippen LogP contribution in [-0.4, -0.2) is 37.2 Å². The Kier molecular flexibility index (Phi) is 4.04. The second-order valence-corrected chi connectivity index (χ2v) is 6.70. The number of hydrogen-bond acceptors (Lipinski definition) is 2. The quantitative estimate of drug-likeness (QED) is 0.838. The van der Waals surface area contributed by atoms with Gasteiger partial charge in [-0.25, -0.2) is 0 Å². The molecule has 0 aromatic heterocycles. The van der Waals surface area contributed by atoms with Gasteiger partial charge in [0.1, 0.15) is 0 Å². The standard InChI is InChI=1S/C13H20N2O2S/c1-12(13-8-4-3-5-9-13)14(2)18(16,17)15-10-6-7-11-15/h3-5,8-9,12H,6-7,10-11H2,1-2H3. The van der Waals surface area contributed by atoms with Crippen molar-refractivity contribution in [3.8, 4) is 0 Å². The minimum absolute atomic E-state index is 0.142. The van der Waals surface area contributed by atoms with Crippen LogP contribution in [-0.2, 0) is 10.2 Å². The molecule has 1 heterocycles. The summed E-state index contributed by atoms with van der Waals surface area (Å²) in [5.41, 5.74) is 1.02. The molecule has 18 heavy (non-hydrogen) atoms. The molecule has 0 aliphatic carbocycles. The predicted molar refractivity (Wildman–Crippen MR) is 72.3 cm³/mol. The number of benzene rings is 1. The zero-order valence-electron chi connectivity index (χ0n) is 10.9. The van der Waals surface area contributed by atoms with Crippen molar-refractivity contribution in [3.63, 3.8) is 0 Å². The first-order valence-electron chi connectivity index (χ1n) is 6.31. The van der Waals surface area contributed by atoms with Crippen LogP contribution < -0.4 is 0 Å². The highest BCUT2D eigenvalue weighted by Gasteiger charge is 2.32. The van der Waals surface area contributed by atoms with E-state index in [-0.39, 0.29) is 6.04 Å². The van der Waals surface area contributed by atoms with Crippen LogP contribution in [0.4, 0.5) is 0 Å². The molecule has 1 aromatic rings. The van der Waals surface area contributed by atoms with Crippen molar-refractivity contribution in [3.05, 3.63) is 35.9 Å². The summed E-state index contributed by atoms with van der Waals surface area (Å²) in [5.74, 6) is 0. The third kappa shape index (κ3) is 2.58. The average Bonchev–Trinajstić information content (AvgIpc) is 2.92. The SMILES string of the molecule is CC(c1ccccc1)N(C)S(=O)(=O)N1CCCC1. The van der Waals surface area contributed by atoms with E-state index >= 15 is 0 Å². The molecule has 0 amide bonds. The van der Waals surface area contributed by atoms with E-state index in [1.54, 1.807) is 11.4 Å². The molecular formula is C13H20N2O2S. The van der Waals surface area contributed by atoms with Crippen LogP contribution in [0.1, 0.15) is 31.4 Å². The van der Waals surface area contributed by atoms with Gasteiger partial charge in [-0.3, -0.25) is 0 Å². The van der Waals surface area contributed by atoms with Gasteiger partial charge in [-0.15, -0.1) is 0 Å². The third-order valence-corrected chi connectivity index (χ3v) is 5.64. The lowest BCUT2D eigenvalue weighted by Gasteiger charge is -2.28. The van der Waals surface area contributed by atoms with Crippen LogP contribution in [0.15, 0.2) is 30.3 Å². The fourth-order valence-corrected chi connectivity index (χ4v) is 3.85. The van der Waals surface area contributed by atoms with Gasteiger partial charge in [-0.1, -0.05) is 30.3 Å². The van der Waals surface area contributed by atoms with E-state index in [4.69, 9.17) is 0 Å². The van der Waals surface area contributed by atoms with Crippen molar-refractivity contribution >= 4 is 10.2 Å². The molecule has 0 radical (unpaired) electrons. The Hall–Kier alpha value is -0.910. The van der Waals surface area contributed by atoms with Crippen molar-refractivity contribution in [2.45, 2.75) is 25.8 Å². The van der Waals surface area contributed by atoms with Crippen LogP contribution in [0.5, 0.6) is 0 Å². The third-order valence-electron chi connectivity index (χ3n) is 3.58. The van der Waals surface area contributed by atoms with Crippen LogP contribution in [0.2, 0.25) is 0 Å². The number of hydrogen-bond donors (Lipinski definition) is 0. The minimum Gasteiger partial charge on any atom is -0.195 e. The molecule has 1 aliphatic heterocycles. The monoisotopic (exact) mass is 268 g/mol. The van der Waals surface area contributed by atoms with Gasteiger partial charge >= 0.3 is 0 Å². The zero-order chi connectivity index (χ0) is 13.2. The summed E-state index contributed by atoms with van der Waals surface area (Å²) in [5, 5.41) is 0. The van der Waals surface area contributed by atoms with E-state index in [1.807, 2.05) is 37.3 Å². The first-order valence-corrected chi connectivity index (χ1v) is 7.71. The maximum absolute atomic E-state index is 12.4. The van der Waals surface area contributed by atoms with Crippen molar-refractivity contribution in [2.75, 3.05) is 20.1 Å². The van der Waals surface area contributed by atoms with Crippen molar-refractivity contribution < 1.29 is 8.42 Å². The molecule has 1 aliphatic rings. The van der Waals surface area contributed by atoms with Gasteiger partial charge in [0.25, 0.3) is 10.2 Å². The van der Waals surface area contributed by atoms with E-state index in [0.717, 1.165) is 18.4 Å². The average molecular weight is 268 g/mol. The Morgan fingerprint density at radius 3 is 2.28 bits per heavy atom. The second-order valence-electron chi connectivity index (χ2n) is 4.72. The molecule has 0 spiro atoms. The van der Waals surface area contributed by atoms with Crippen LogP contribution >= 0.6 is 0 Å². The van der Waals surface area contributed by atoms with Gasteiger partial charge in [-0.2, -0.15) is 17.0 Å². The normalized spacial score (nSPS) is 19.3. The topological polar surface area (TPSA) is 40.6 Å². The fraction of sp³-hybridized carbons (Fsp3) is 0.538. The number of rotatable bonds is 4. The second kappa shape index (κ2) is 5.38. The van der Waals surface area contributed by atoms with E-state index in [1.165, 1.54) is 4.31 Å². The minimum atomic E-state index is -3.32. The summed E-state index contributed by atoms with van der Waals surface area (Å²) in [6.07, 6.45) is 1.93. The van der Waals surface area contributed by atoms with Gasteiger partial charge in [0.05, 0.1) is 0 Å². The van der Waals surface area contributed by atoms with E-state index < -0.39 is 10.2 Å². The summed E-state index contributed by atoms with van der Waals surface area (Å²) in [4.78, 5) is 0. The molecule has 0 bridgehead atoms. The highest BCUT2D eigenvalue weighted by molar-refractivity contribution is 7.86. The van der Waals surface area contributed by atoms with Crippen molar-refractivity contribution in [2.24, 2.45) is 0 Å². The maximum atomic E-state index is 12.4. The van der Waals surface area contributed by atoms with Crippen LogP contribution in [0.25, 0.3) is 0 Å². The van der Waals surface area contributed by atoms with Gasteiger partial charge < -0.3 is 0 Å². The molecule has 100 valence electrons. The van der Waals surface area contributed by atoms with E-state index in [2.05, 4.69) is 0 Å². The Balaban J connectivity index is 2.18. The molecule has 1 atom stereocenters.